The highest BCUT2D eigenvalue weighted by atomic mass is 32.1. The fourth-order valence-electron chi connectivity index (χ4n) is 2.15. The van der Waals surface area contributed by atoms with Crippen LogP contribution >= 0.6 is 11.3 Å². The second-order valence-corrected chi connectivity index (χ2v) is 6.11. The maximum absolute atomic E-state index is 12.5. The van der Waals surface area contributed by atoms with Crippen LogP contribution in [0.4, 0.5) is 5.69 Å². The third kappa shape index (κ3) is 5.00. The lowest BCUT2D eigenvalue weighted by molar-refractivity contribution is -0.124. The van der Waals surface area contributed by atoms with Crippen molar-refractivity contribution in [2.75, 3.05) is 5.32 Å². The molecule has 2 aromatic carbocycles. The first kappa shape index (κ1) is 18.3. The number of thiazole rings is 1. The van der Waals surface area contributed by atoms with Gasteiger partial charge in [0.15, 0.2) is 5.01 Å². The van der Waals surface area contributed by atoms with Crippen LogP contribution in [0.1, 0.15) is 15.4 Å². The molecule has 0 atom stereocenters. The van der Waals surface area contributed by atoms with Gasteiger partial charge in [-0.25, -0.2) is 5.48 Å². The molecule has 7 nitrogen and oxygen atoms in total. The minimum Gasteiger partial charge on any atom is -0.438 e. The van der Waals surface area contributed by atoms with Gasteiger partial charge in [-0.3, -0.25) is 14.8 Å². The van der Waals surface area contributed by atoms with Crippen LogP contribution in [0.25, 0.3) is 6.08 Å². The summed E-state index contributed by atoms with van der Waals surface area (Å²) in [5, 5.41) is 13.2. The lowest BCUT2D eigenvalue weighted by Crippen LogP contribution is -2.15. The normalized spacial score (nSPS) is 10.6. The monoisotopic (exact) mass is 381 g/mol. The number of para-hydroxylation sites is 2. The predicted molar refractivity (Wildman–Crippen MR) is 102 cm³/mol. The lowest BCUT2D eigenvalue weighted by Gasteiger charge is -2.07. The molecule has 3 aromatic rings. The zero-order valence-electron chi connectivity index (χ0n) is 14.0. The average molecular weight is 381 g/mol. The third-order valence-corrected chi connectivity index (χ3v) is 4.20. The standard InChI is InChI=1S/C19H15N3O4S/c23-16(22-25)11-10-13-6-4-5-9-15(13)20-18(24)19-21-17(12-27-19)26-14-7-2-1-3-8-14/h1-12,25H,(H,20,24)(H,22,23)/b11-10+. The van der Waals surface area contributed by atoms with Crippen LogP contribution in [0.3, 0.4) is 0 Å². The van der Waals surface area contributed by atoms with Crippen molar-refractivity contribution in [1.82, 2.24) is 10.5 Å². The van der Waals surface area contributed by atoms with E-state index in [2.05, 4.69) is 10.3 Å². The molecule has 8 heteroatoms. The van der Waals surface area contributed by atoms with E-state index in [0.29, 0.717) is 22.9 Å². The number of hydrogen-bond acceptors (Lipinski definition) is 6. The number of benzene rings is 2. The van der Waals surface area contributed by atoms with Crippen LogP contribution in [0.5, 0.6) is 11.6 Å². The topological polar surface area (TPSA) is 101 Å². The van der Waals surface area contributed by atoms with Gasteiger partial charge in [0.1, 0.15) is 5.75 Å². The molecular weight excluding hydrogens is 366 g/mol. The first-order valence-corrected chi connectivity index (χ1v) is 8.74. The van der Waals surface area contributed by atoms with Gasteiger partial charge in [-0.15, -0.1) is 11.3 Å². The first-order chi connectivity index (χ1) is 13.2. The molecule has 0 fully saturated rings. The van der Waals surface area contributed by atoms with Gasteiger partial charge in [-0.2, -0.15) is 4.98 Å². The summed E-state index contributed by atoms with van der Waals surface area (Å²) < 4.78 is 5.60. The Morgan fingerprint density at radius 1 is 1.07 bits per heavy atom. The van der Waals surface area contributed by atoms with Crippen molar-refractivity contribution < 1.29 is 19.5 Å². The largest absolute Gasteiger partial charge is 0.438 e. The molecule has 27 heavy (non-hydrogen) atoms. The van der Waals surface area contributed by atoms with Crippen LogP contribution in [-0.4, -0.2) is 22.0 Å². The number of carbonyl (C=O) groups is 2. The van der Waals surface area contributed by atoms with E-state index in [1.165, 1.54) is 11.6 Å². The zero-order chi connectivity index (χ0) is 19.1. The van der Waals surface area contributed by atoms with Gasteiger partial charge in [0.2, 0.25) is 5.88 Å². The van der Waals surface area contributed by atoms with Gasteiger partial charge in [0.05, 0.1) is 5.38 Å². The third-order valence-electron chi connectivity index (χ3n) is 3.38. The van der Waals surface area contributed by atoms with Crippen LogP contribution in [0, 0.1) is 0 Å². The fraction of sp³-hybridized carbons (Fsp3) is 0. The molecule has 0 aliphatic rings. The number of hydroxylamine groups is 1. The number of amides is 2. The van der Waals surface area contributed by atoms with Gasteiger partial charge in [-0.1, -0.05) is 36.4 Å². The molecule has 136 valence electrons. The van der Waals surface area contributed by atoms with Gasteiger partial charge in [-0.05, 0) is 29.8 Å². The number of nitrogens with zero attached hydrogens (tertiary/aromatic N) is 1. The Morgan fingerprint density at radius 2 is 1.81 bits per heavy atom. The van der Waals surface area contributed by atoms with Crippen molar-refractivity contribution >= 4 is 34.9 Å². The molecule has 3 rings (SSSR count). The maximum Gasteiger partial charge on any atom is 0.284 e. The van der Waals surface area contributed by atoms with Crippen molar-refractivity contribution in [3.63, 3.8) is 0 Å². The molecule has 2 amide bonds. The molecule has 0 bridgehead atoms. The molecule has 0 saturated carbocycles. The van der Waals surface area contributed by atoms with Gasteiger partial charge >= 0.3 is 0 Å². The van der Waals surface area contributed by atoms with E-state index >= 15 is 0 Å². The highest BCUT2D eigenvalue weighted by molar-refractivity contribution is 7.12. The summed E-state index contributed by atoms with van der Waals surface area (Å²) in [5.41, 5.74) is 2.62. The Kier molecular flexibility index (Phi) is 5.93. The van der Waals surface area contributed by atoms with Crippen molar-refractivity contribution in [1.29, 1.82) is 0 Å². The smallest absolute Gasteiger partial charge is 0.284 e. The summed E-state index contributed by atoms with van der Waals surface area (Å²) >= 11 is 1.16. The predicted octanol–water partition coefficient (Wildman–Crippen LogP) is 3.71. The molecule has 0 unspecified atom stereocenters. The SMILES string of the molecule is O=C(/C=C/c1ccccc1NC(=O)c1nc(Oc2ccccc2)cs1)NO. The number of nitrogens with one attached hydrogen (secondary N) is 2. The molecule has 1 aromatic heterocycles. The number of carbonyl (C=O) groups excluding carboxylic acids is 2. The Balaban J connectivity index is 1.71. The fourth-order valence-corrected chi connectivity index (χ4v) is 2.77. The molecule has 3 N–H and O–H groups in total. The van der Waals surface area contributed by atoms with Gasteiger partial charge in [0, 0.05) is 11.8 Å². The highest BCUT2D eigenvalue weighted by Crippen LogP contribution is 2.24. The number of ether oxygens (including phenoxy) is 1. The zero-order valence-corrected chi connectivity index (χ0v) is 14.8. The quantitative estimate of drug-likeness (QED) is 0.343. The molecule has 0 aliphatic carbocycles. The van der Waals surface area contributed by atoms with E-state index in [4.69, 9.17) is 9.94 Å². The average Bonchev–Trinajstić information content (AvgIpc) is 3.16. The number of rotatable bonds is 6. The van der Waals surface area contributed by atoms with Crippen LogP contribution in [0.2, 0.25) is 0 Å². The molecule has 1 heterocycles. The Morgan fingerprint density at radius 3 is 2.59 bits per heavy atom. The van der Waals surface area contributed by atoms with Crippen LogP contribution in [-0.2, 0) is 4.79 Å². The number of anilines is 1. The molecule has 0 saturated heterocycles. The van der Waals surface area contributed by atoms with Crippen molar-refractivity contribution in [2.45, 2.75) is 0 Å². The summed E-state index contributed by atoms with van der Waals surface area (Å²) in [4.78, 5) is 27.8. The van der Waals surface area contributed by atoms with Gasteiger partial charge < -0.3 is 10.1 Å². The number of aromatic nitrogens is 1. The molecular formula is C19H15N3O4S. The second-order valence-electron chi connectivity index (χ2n) is 5.26. The maximum atomic E-state index is 12.5. The van der Waals surface area contributed by atoms with E-state index in [0.717, 1.165) is 17.4 Å². The first-order valence-electron chi connectivity index (χ1n) is 7.86. The van der Waals surface area contributed by atoms with Crippen molar-refractivity contribution in [2.24, 2.45) is 0 Å². The summed E-state index contributed by atoms with van der Waals surface area (Å²) in [6.07, 6.45) is 2.63. The van der Waals surface area contributed by atoms with Crippen LogP contribution in [0.15, 0.2) is 66.1 Å². The molecule has 0 aliphatic heterocycles. The van der Waals surface area contributed by atoms with Crippen LogP contribution < -0.4 is 15.5 Å². The van der Waals surface area contributed by atoms with E-state index in [-0.39, 0.29) is 5.01 Å². The Bertz CT molecular complexity index is 970. The highest BCUT2D eigenvalue weighted by Gasteiger charge is 2.14. The number of hydrogen-bond donors (Lipinski definition) is 3. The van der Waals surface area contributed by atoms with E-state index < -0.39 is 11.8 Å². The van der Waals surface area contributed by atoms with E-state index in [1.807, 2.05) is 18.2 Å². The van der Waals surface area contributed by atoms with E-state index in [1.54, 1.807) is 41.8 Å². The van der Waals surface area contributed by atoms with Gasteiger partial charge in [0.25, 0.3) is 11.8 Å². The van der Waals surface area contributed by atoms with E-state index in [9.17, 15) is 9.59 Å². The lowest BCUT2D eigenvalue weighted by atomic mass is 10.1. The summed E-state index contributed by atoms with van der Waals surface area (Å²) in [7, 11) is 0. The van der Waals surface area contributed by atoms with Crippen molar-refractivity contribution in [3.8, 4) is 11.6 Å². The molecule has 0 radical (unpaired) electrons. The second kappa shape index (κ2) is 8.75. The minimum absolute atomic E-state index is 0.243. The summed E-state index contributed by atoms with van der Waals surface area (Å²) in [5.74, 6) is -0.0920. The Labute approximate surface area is 158 Å². The summed E-state index contributed by atoms with van der Waals surface area (Å²) in [6.45, 7) is 0. The molecule has 0 spiro atoms. The Hall–Kier alpha value is -3.49. The minimum atomic E-state index is -0.668. The van der Waals surface area contributed by atoms with Crippen molar-refractivity contribution in [3.05, 3.63) is 76.6 Å². The summed E-state index contributed by atoms with van der Waals surface area (Å²) in [6, 6.07) is 16.1.